The van der Waals surface area contributed by atoms with E-state index >= 15 is 0 Å². The van der Waals surface area contributed by atoms with E-state index in [1.54, 1.807) is 17.0 Å². The van der Waals surface area contributed by atoms with E-state index in [0.717, 1.165) is 5.33 Å². The van der Waals surface area contributed by atoms with Gasteiger partial charge < -0.3 is 10.6 Å². The van der Waals surface area contributed by atoms with Crippen molar-refractivity contribution in [1.82, 2.24) is 4.98 Å². The van der Waals surface area contributed by atoms with Gasteiger partial charge >= 0.3 is 0 Å². The number of aromatic nitrogens is 1. The Bertz CT molecular complexity index is 427. The fourth-order valence-corrected chi connectivity index (χ4v) is 2.38. The van der Waals surface area contributed by atoms with E-state index in [-0.39, 0.29) is 5.91 Å². The van der Waals surface area contributed by atoms with Gasteiger partial charge in [-0.1, -0.05) is 27.5 Å². The highest BCUT2D eigenvalue weighted by Gasteiger charge is 2.31. The third kappa shape index (κ3) is 2.15. The molecule has 1 atom stereocenters. The summed E-state index contributed by atoms with van der Waals surface area (Å²) < 4.78 is 0. The smallest absolute Gasteiger partial charge is 0.227 e. The van der Waals surface area contributed by atoms with Gasteiger partial charge in [-0.2, -0.15) is 0 Å². The molecule has 1 aliphatic heterocycles. The van der Waals surface area contributed by atoms with Gasteiger partial charge in [-0.25, -0.2) is 4.98 Å². The molecule has 86 valence electrons. The number of hydrogen-bond acceptors (Lipinski definition) is 3. The van der Waals surface area contributed by atoms with Crippen LogP contribution in [0.1, 0.15) is 6.42 Å². The molecular weight excluding hydrogens is 293 g/mol. The first-order chi connectivity index (χ1) is 7.61. The average molecular weight is 305 g/mol. The Labute approximate surface area is 107 Å². The lowest BCUT2D eigenvalue weighted by Crippen LogP contribution is -2.25. The zero-order chi connectivity index (χ0) is 11.7. The summed E-state index contributed by atoms with van der Waals surface area (Å²) in [7, 11) is 0. The summed E-state index contributed by atoms with van der Waals surface area (Å²) in [4.78, 5) is 17.4. The van der Waals surface area contributed by atoms with Crippen molar-refractivity contribution >= 4 is 44.9 Å². The van der Waals surface area contributed by atoms with Gasteiger partial charge in [0.1, 0.15) is 11.0 Å². The lowest BCUT2D eigenvalue weighted by Gasteiger charge is -2.17. The van der Waals surface area contributed by atoms with E-state index in [4.69, 9.17) is 17.3 Å². The van der Waals surface area contributed by atoms with Gasteiger partial charge in [-0.05, 0) is 18.1 Å². The standard InChI is InChI=1S/C10H11BrClN3O/c11-4-6-3-9(16)15(5-6)7-1-2-8(12)14-10(7)13/h1-2,6H,3-5H2,(H2,13,14). The number of carbonyl (C=O) groups excluding carboxylic acids is 1. The minimum atomic E-state index is 0.0836. The molecule has 1 aromatic heterocycles. The van der Waals surface area contributed by atoms with Crippen LogP contribution < -0.4 is 10.6 Å². The van der Waals surface area contributed by atoms with Crippen molar-refractivity contribution < 1.29 is 4.79 Å². The summed E-state index contributed by atoms with van der Waals surface area (Å²) in [6.45, 7) is 0.678. The molecule has 1 amide bonds. The normalized spacial score (nSPS) is 20.5. The summed E-state index contributed by atoms with van der Waals surface area (Å²) in [6, 6.07) is 3.38. The molecule has 6 heteroatoms. The SMILES string of the molecule is Nc1nc(Cl)ccc1N1CC(CBr)CC1=O. The Morgan fingerprint density at radius 3 is 2.94 bits per heavy atom. The van der Waals surface area contributed by atoms with Crippen LogP contribution in [0.5, 0.6) is 0 Å². The van der Waals surface area contributed by atoms with Crippen LogP contribution in [0, 0.1) is 5.92 Å². The zero-order valence-electron chi connectivity index (χ0n) is 8.49. The average Bonchev–Trinajstić information content (AvgIpc) is 2.60. The van der Waals surface area contributed by atoms with Crippen molar-refractivity contribution in [2.75, 3.05) is 22.5 Å². The third-order valence-corrected chi connectivity index (χ3v) is 3.71. The lowest BCUT2D eigenvalue weighted by atomic mass is 10.2. The molecule has 4 nitrogen and oxygen atoms in total. The maximum Gasteiger partial charge on any atom is 0.227 e. The van der Waals surface area contributed by atoms with Gasteiger partial charge in [-0.3, -0.25) is 4.79 Å². The number of anilines is 2. The Morgan fingerprint density at radius 1 is 1.62 bits per heavy atom. The van der Waals surface area contributed by atoms with E-state index in [1.165, 1.54) is 0 Å². The molecule has 2 heterocycles. The van der Waals surface area contributed by atoms with Crippen LogP contribution in [0.2, 0.25) is 5.15 Å². The number of amides is 1. The Kier molecular flexibility index (Phi) is 3.35. The topological polar surface area (TPSA) is 59.2 Å². The van der Waals surface area contributed by atoms with Crippen LogP contribution in [0.15, 0.2) is 12.1 Å². The summed E-state index contributed by atoms with van der Waals surface area (Å²) >= 11 is 9.10. The molecule has 2 N–H and O–H groups in total. The van der Waals surface area contributed by atoms with Crippen molar-refractivity contribution in [3.05, 3.63) is 17.3 Å². The zero-order valence-corrected chi connectivity index (χ0v) is 10.8. The maximum absolute atomic E-state index is 11.8. The predicted octanol–water partition coefficient (Wildman–Crippen LogP) is 2.06. The Hall–Kier alpha value is -0.810. The number of pyridine rings is 1. The third-order valence-electron chi connectivity index (χ3n) is 2.58. The second kappa shape index (κ2) is 4.59. The van der Waals surface area contributed by atoms with Gasteiger partial charge in [0.2, 0.25) is 5.91 Å². The maximum atomic E-state index is 11.8. The molecule has 0 saturated carbocycles. The highest BCUT2D eigenvalue weighted by Crippen LogP contribution is 2.30. The van der Waals surface area contributed by atoms with Crippen LogP contribution in [0.25, 0.3) is 0 Å². The van der Waals surface area contributed by atoms with Gasteiger partial charge in [0.25, 0.3) is 0 Å². The van der Waals surface area contributed by atoms with Crippen LogP contribution in [-0.2, 0) is 4.79 Å². The number of halogens is 2. The number of alkyl halides is 1. The van der Waals surface area contributed by atoms with E-state index < -0.39 is 0 Å². The molecule has 16 heavy (non-hydrogen) atoms. The van der Waals surface area contributed by atoms with Gasteiger partial charge in [0, 0.05) is 18.3 Å². The first-order valence-corrected chi connectivity index (χ1v) is 6.40. The summed E-state index contributed by atoms with van der Waals surface area (Å²) in [5, 5.41) is 1.15. The van der Waals surface area contributed by atoms with E-state index in [1.807, 2.05) is 0 Å². The first kappa shape index (κ1) is 11.7. The van der Waals surface area contributed by atoms with Gasteiger partial charge in [0.05, 0.1) is 5.69 Å². The fraction of sp³-hybridized carbons (Fsp3) is 0.400. The molecule has 1 saturated heterocycles. The van der Waals surface area contributed by atoms with Gasteiger partial charge in [-0.15, -0.1) is 0 Å². The van der Waals surface area contributed by atoms with E-state index in [9.17, 15) is 4.79 Å². The van der Waals surface area contributed by atoms with Crippen LogP contribution in [-0.4, -0.2) is 22.8 Å². The molecule has 1 unspecified atom stereocenters. The van der Waals surface area contributed by atoms with Crippen molar-refractivity contribution in [3.8, 4) is 0 Å². The monoisotopic (exact) mass is 303 g/mol. The minimum Gasteiger partial charge on any atom is -0.382 e. The molecule has 0 aromatic carbocycles. The summed E-state index contributed by atoms with van der Waals surface area (Å²) in [5.41, 5.74) is 6.40. The first-order valence-electron chi connectivity index (χ1n) is 4.90. The van der Waals surface area contributed by atoms with E-state index in [0.29, 0.717) is 35.5 Å². The highest BCUT2D eigenvalue weighted by molar-refractivity contribution is 9.09. The largest absolute Gasteiger partial charge is 0.382 e. The number of nitrogen functional groups attached to an aromatic ring is 1. The van der Waals surface area contributed by atoms with Gasteiger partial charge in [0.15, 0.2) is 0 Å². The van der Waals surface area contributed by atoms with E-state index in [2.05, 4.69) is 20.9 Å². The van der Waals surface area contributed by atoms with Crippen LogP contribution >= 0.6 is 27.5 Å². The molecule has 0 bridgehead atoms. The van der Waals surface area contributed by atoms with Crippen LogP contribution in [0.4, 0.5) is 11.5 Å². The summed E-state index contributed by atoms with van der Waals surface area (Å²) in [5.74, 6) is 0.721. The second-order valence-corrected chi connectivity index (χ2v) is 4.80. The number of nitrogens with two attached hydrogens (primary N) is 1. The quantitative estimate of drug-likeness (QED) is 0.672. The minimum absolute atomic E-state index is 0.0836. The Morgan fingerprint density at radius 2 is 2.38 bits per heavy atom. The molecule has 0 spiro atoms. The number of carbonyl (C=O) groups is 1. The highest BCUT2D eigenvalue weighted by atomic mass is 79.9. The molecule has 1 fully saturated rings. The molecule has 0 radical (unpaired) electrons. The van der Waals surface area contributed by atoms with Crippen LogP contribution in [0.3, 0.4) is 0 Å². The molecule has 0 aliphatic carbocycles. The molecule has 1 aliphatic rings. The number of nitrogens with zero attached hydrogens (tertiary/aromatic N) is 2. The molecule has 1 aromatic rings. The second-order valence-electron chi connectivity index (χ2n) is 3.77. The predicted molar refractivity (Wildman–Crippen MR) is 67.9 cm³/mol. The molecule has 2 rings (SSSR count). The number of rotatable bonds is 2. The summed E-state index contributed by atoms with van der Waals surface area (Å²) in [6.07, 6.45) is 0.549. The van der Waals surface area contributed by atoms with Crippen molar-refractivity contribution in [2.24, 2.45) is 5.92 Å². The van der Waals surface area contributed by atoms with Crippen molar-refractivity contribution in [3.63, 3.8) is 0 Å². The Balaban J connectivity index is 2.28. The van der Waals surface area contributed by atoms with Crippen molar-refractivity contribution in [1.29, 1.82) is 0 Å². The number of hydrogen-bond donors (Lipinski definition) is 1. The lowest BCUT2D eigenvalue weighted by molar-refractivity contribution is -0.117. The van der Waals surface area contributed by atoms with Crippen molar-refractivity contribution in [2.45, 2.75) is 6.42 Å². The molecular formula is C10H11BrClN3O. The fourth-order valence-electron chi connectivity index (χ4n) is 1.79.